The largest absolute Gasteiger partial charge is 0.498 e. The fourth-order valence-electron chi connectivity index (χ4n) is 2.34. The van der Waals surface area contributed by atoms with E-state index in [1.165, 1.54) is 0 Å². The van der Waals surface area contributed by atoms with E-state index in [1.54, 1.807) is 32.0 Å². The predicted octanol–water partition coefficient (Wildman–Crippen LogP) is 2.53. The lowest BCUT2D eigenvalue weighted by Gasteiger charge is -2.32. The summed E-state index contributed by atoms with van der Waals surface area (Å²) in [5.74, 6) is 0.619. The van der Waals surface area contributed by atoms with Gasteiger partial charge in [0.2, 0.25) is 10.0 Å². The average molecular weight is 369 g/mol. The average Bonchev–Trinajstić information content (AvgIpc) is 2.68. The third kappa shape index (κ3) is 4.12. The van der Waals surface area contributed by atoms with Crippen LogP contribution in [0.25, 0.3) is 0 Å². The van der Waals surface area contributed by atoms with Crippen molar-refractivity contribution in [3.05, 3.63) is 18.2 Å². The van der Waals surface area contributed by atoms with Gasteiger partial charge >= 0.3 is 7.12 Å². The van der Waals surface area contributed by atoms with Crippen molar-refractivity contribution in [2.75, 3.05) is 11.3 Å². The van der Waals surface area contributed by atoms with Crippen molar-refractivity contribution >= 4 is 28.3 Å². The lowest BCUT2D eigenvalue weighted by molar-refractivity contribution is 0.00578. The van der Waals surface area contributed by atoms with E-state index in [0.717, 1.165) is 0 Å². The first-order chi connectivity index (χ1) is 11.4. The van der Waals surface area contributed by atoms with E-state index in [-0.39, 0.29) is 0 Å². The third-order valence-electron chi connectivity index (χ3n) is 4.70. The van der Waals surface area contributed by atoms with Crippen LogP contribution >= 0.6 is 0 Å². The number of sulfonamides is 1. The van der Waals surface area contributed by atoms with E-state index in [1.807, 2.05) is 34.6 Å². The van der Waals surface area contributed by atoms with Crippen LogP contribution in [0, 0.1) is 0 Å². The van der Waals surface area contributed by atoms with Gasteiger partial charge < -0.3 is 14.0 Å². The van der Waals surface area contributed by atoms with E-state index in [4.69, 9.17) is 14.0 Å². The number of ether oxygens (including phenoxy) is 1. The summed E-state index contributed by atoms with van der Waals surface area (Å²) in [6, 6.07) is 5.13. The molecule has 0 unspecified atom stereocenters. The molecule has 0 aromatic heterocycles. The molecule has 8 heteroatoms. The molecule has 1 aliphatic heterocycles. The van der Waals surface area contributed by atoms with Gasteiger partial charge in [0.05, 0.1) is 23.1 Å². The van der Waals surface area contributed by atoms with Gasteiger partial charge in [0.25, 0.3) is 0 Å². The maximum atomic E-state index is 12.1. The minimum absolute atomic E-state index is 0.460. The van der Waals surface area contributed by atoms with Crippen LogP contribution in [0.2, 0.25) is 0 Å². The van der Waals surface area contributed by atoms with E-state index in [2.05, 4.69) is 4.72 Å². The van der Waals surface area contributed by atoms with E-state index in [0.29, 0.717) is 23.5 Å². The Morgan fingerprint density at radius 1 is 1.16 bits per heavy atom. The summed E-state index contributed by atoms with van der Waals surface area (Å²) < 4.78 is 44.7. The van der Waals surface area contributed by atoms with Gasteiger partial charge in [-0.25, -0.2) is 8.42 Å². The summed E-state index contributed by atoms with van der Waals surface area (Å²) in [6.07, 6.45) is 0. The first-order valence-electron chi connectivity index (χ1n) is 8.53. The molecule has 1 N–H and O–H groups in total. The Kier molecular flexibility index (Phi) is 5.47. The molecule has 25 heavy (non-hydrogen) atoms. The second-order valence-corrected chi connectivity index (χ2v) is 9.71. The Hall–Kier alpha value is -1.25. The second-order valence-electron chi connectivity index (χ2n) is 7.47. The molecule has 0 radical (unpaired) electrons. The number of benzene rings is 1. The summed E-state index contributed by atoms with van der Waals surface area (Å²) in [4.78, 5) is 0. The monoisotopic (exact) mass is 369 g/mol. The number of rotatable bonds is 6. The molecule has 1 heterocycles. The van der Waals surface area contributed by atoms with E-state index >= 15 is 0 Å². The number of anilines is 1. The van der Waals surface area contributed by atoms with Gasteiger partial charge in [-0.2, -0.15) is 0 Å². The quantitative estimate of drug-likeness (QED) is 0.780. The molecule has 1 aromatic carbocycles. The fraction of sp³-hybridized carbons (Fsp3) is 0.647. The highest BCUT2D eigenvalue weighted by atomic mass is 32.2. The molecule has 0 bridgehead atoms. The normalized spacial score (nSPS) is 19.3. The van der Waals surface area contributed by atoms with Crippen molar-refractivity contribution in [2.45, 2.75) is 64.9 Å². The topological polar surface area (TPSA) is 73.9 Å². The third-order valence-corrected chi connectivity index (χ3v) is 6.46. The highest BCUT2D eigenvalue weighted by molar-refractivity contribution is 7.93. The van der Waals surface area contributed by atoms with Crippen LogP contribution < -0.4 is 14.9 Å². The molecule has 0 saturated carbocycles. The molecule has 1 fully saturated rings. The van der Waals surface area contributed by atoms with Crippen LogP contribution in [-0.4, -0.2) is 38.6 Å². The highest BCUT2D eigenvalue weighted by Gasteiger charge is 2.52. The van der Waals surface area contributed by atoms with Crippen LogP contribution in [0.1, 0.15) is 48.5 Å². The first-order valence-corrected chi connectivity index (χ1v) is 10.1. The van der Waals surface area contributed by atoms with Crippen LogP contribution in [0.15, 0.2) is 18.2 Å². The van der Waals surface area contributed by atoms with Gasteiger partial charge in [-0.1, -0.05) is 0 Å². The first kappa shape index (κ1) is 20.1. The van der Waals surface area contributed by atoms with E-state index in [9.17, 15) is 8.42 Å². The van der Waals surface area contributed by atoms with Crippen molar-refractivity contribution in [1.82, 2.24) is 0 Å². The molecule has 1 aliphatic rings. The van der Waals surface area contributed by atoms with Crippen LogP contribution in [0.3, 0.4) is 0 Å². The Morgan fingerprint density at radius 3 is 2.20 bits per heavy atom. The second kappa shape index (κ2) is 6.81. The van der Waals surface area contributed by atoms with E-state index < -0.39 is 33.6 Å². The zero-order chi connectivity index (χ0) is 19.0. The minimum Gasteiger partial charge on any atom is -0.494 e. The fourth-order valence-corrected chi connectivity index (χ4v) is 3.03. The standard InChI is InChI=1S/C17H28BNO5S/c1-8-22-15-10-9-13(19-25(20,21)12(2)3)11-14(15)18-23-16(4,5)17(6,7)24-18/h9-12,19H,8H2,1-7H3. The predicted molar refractivity (Wildman–Crippen MR) is 101 cm³/mol. The summed E-state index contributed by atoms with van der Waals surface area (Å²) >= 11 is 0. The van der Waals surface area contributed by atoms with Crippen molar-refractivity contribution in [2.24, 2.45) is 0 Å². The number of hydrogen-bond donors (Lipinski definition) is 1. The van der Waals surface area contributed by atoms with Gasteiger partial charge in [0, 0.05) is 11.2 Å². The Morgan fingerprint density at radius 2 is 1.72 bits per heavy atom. The minimum atomic E-state index is -3.43. The number of hydrogen-bond acceptors (Lipinski definition) is 5. The van der Waals surface area contributed by atoms with Crippen molar-refractivity contribution in [3.63, 3.8) is 0 Å². The SMILES string of the molecule is CCOc1ccc(NS(=O)(=O)C(C)C)cc1B1OC(C)(C)C(C)(C)O1. The number of nitrogens with one attached hydrogen (secondary N) is 1. The van der Waals surface area contributed by atoms with Crippen LogP contribution in [0.4, 0.5) is 5.69 Å². The van der Waals surface area contributed by atoms with Gasteiger partial charge in [0.15, 0.2) is 0 Å². The maximum Gasteiger partial charge on any atom is 0.498 e. The zero-order valence-corrected chi connectivity index (χ0v) is 16.9. The van der Waals surface area contributed by atoms with Crippen LogP contribution in [-0.2, 0) is 19.3 Å². The summed E-state index contributed by atoms with van der Waals surface area (Å²) in [5.41, 5.74) is 0.148. The molecular formula is C17H28BNO5S. The molecule has 6 nitrogen and oxygen atoms in total. The molecule has 0 atom stereocenters. The Balaban J connectivity index is 2.40. The van der Waals surface area contributed by atoms with Gasteiger partial charge in [-0.15, -0.1) is 0 Å². The molecule has 1 aromatic rings. The molecule has 0 amide bonds. The van der Waals surface area contributed by atoms with Gasteiger partial charge in [-0.3, -0.25) is 4.72 Å². The molecule has 140 valence electrons. The Bertz CT molecular complexity index is 715. The van der Waals surface area contributed by atoms with Crippen molar-refractivity contribution in [1.29, 1.82) is 0 Å². The molecule has 0 spiro atoms. The van der Waals surface area contributed by atoms with Crippen LogP contribution in [0.5, 0.6) is 5.75 Å². The molecule has 1 saturated heterocycles. The summed E-state index contributed by atoms with van der Waals surface area (Å²) in [5, 5.41) is -0.528. The smallest absolute Gasteiger partial charge is 0.494 e. The van der Waals surface area contributed by atoms with Crippen molar-refractivity contribution < 1.29 is 22.5 Å². The Labute approximate surface area is 151 Å². The molecule has 2 rings (SSSR count). The van der Waals surface area contributed by atoms with Gasteiger partial charge in [-0.05, 0) is 66.7 Å². The molecular weight excluding hydrogens is 341 g/mol. The maximum absolute atomic E-state index is 12.1. The molecule has 0 aliphatic carbocycles. The van der Waals surface area contributed by atoms with Crippen molar-refractivity contribution in [3.8, 4) is 5.75 Å². The lowest BCUT2D eigenvalue weighted by Crippen LogP contribution is -2.41. The van der Waals surface area contributed by atoms with Gasteiger partial charge in [0.1, 0.15) is 5.75 Å². The zero-order valence-electron chi connectivity index (χ0n) is 16.0. The summed E-state index contributed by atoms with van der Waals surface area (Å²) in [6.45, 7) is 13.5. The lowest BCUT2D eigenvalue weighted by atomic mass is 9.78. The highest BCUT2D eigenvalue weighted by Crippen LogP contribution is 2.37. The summed E-state index contributed by atoms with van der Waals surface area (Å²) in [7, 11) is -4.06.